The average molecular weight is 293 g/mol. The highest BCUT2D eigenvalue weighted by Gasteiger charge is 2.32. The van der Waals surface area contributed by atoms with Gasteiger partial charge in [-0.3, -0.25) is 4.79 Å². The number of rotatable bonds is 4. The van der Waals surface area contributed by atoms with Crippen LogP contribution in [-0.4, -0.2) is 42.7 Å². The summed E-state index contributed by atoms with van der Waals surface area (Å²) in [6, 6.07) is 5.13. The molecule has 2 rings (SSSR count). The summed E-state index contributed by atoms with van der Waals surface area (Å²) in [6.45, 7) is 2.25. The van der Waals surface area contributed by atoms with Crippen molar-refractivity contribution < 1.29 is 19.4 Å². The van der Waals surface area contributed by atoms with Crippen molar-refractivity contribution in [1.82, 2.24) is 4.90 Å². The van der Waals surface area contributed by atoms with Gasteiger partial charge < -0.3 is 19.5 Å². The first-order valence-corrected chi connectivity index (χ1v) is 7.25. The molecule has 5 nitrogen and oxygen atoms in total. The van der Waals surface area contributed by atoms with Crippen molar-refractivity contribution in [3.8, 4) is 11.5 Å². The summed E-state index contributed by atoms with van der Waals surface area (Å²) in [6.07, 6.45) is 2.01. The SMILES string of the molecule is COc1ccc(OC)c([C@@H](O)[C@H]2CCCCN2C(C)=O)c1. The standard InChI is InChI=1S/C16H23NO4/c1-11(18)17-9-5-4-6-14(17)16(19)13-10-12(20-2)7-8-15(13)21-3/h7-8,10,14,16,19H,4-6,9H2,1-3H3/t14-,16-/m1/s1. The van der Waals surface area contributed by atoms with Crippen LogP contribution in [0.25, 0.3) is 0 Å². The van der Waals surface area contributed by atoms with Crippen molar-refractivity contribution in [2.75, 3.05) is 20.8 Å². The first-order valence-electron chi connectivity index (χ1n) is 7.25. The summed E-state index contributed by atoms with van der Waals surface area (Å²) < 4.78 is 10.6. The number of amides is 1. The molecule has 1 aliphatic rings. The zero-order valence-corrected chi connectivity index (χ0v) is 12.8. The zero-order valence-electron chi connectivity index (χ0n) is 12.8. The quantitative estimate of drug-likeness (QED) is 0.924. The molecule has 0 radical (unpaired) electrons. The van der Waals surface area contributed by atoms with Gasteiger partial charge in [-0.1, -0.05) is 0 Å². The number of likely N-dealkylation sites (tertiary alicyclic amines) is 1. The number of nitrogens with zero attached hydrogens (tertiary/aromatic N) is 1. The van der Waals surface area contributed by atoms with E-state index in [1.54, 1.807) is 44.2 Å². The van der Waals surface area contributed by atoms with Gasteiger partial charge in [-0.15, -0.1) is 0 Å². The predicted octanol–water partition coefficient (Wildman–Crippen LogP) is 2.14. The summed E-state index contributed by atoms with van der Waals surface area (Å²) in [7, 11) is 3.15. The number of aliphatic hydroxyl groups is 1. The lowest BCUT2D eigenvalue weighted by molar-refractivity contribution is -0.135. The lowest BCUT2D eigenvalue weighted by Crippen LogP contribution is -2.45. The van der Waals surface area contributed by atoms with Gasteiger partial charge in [-0.2, -0.15) is 0 Å². The Hall–Kier alpha value is -1.75. The fourth-order valence-corrected chi connectivity index (χ4v) is 2.95. The number of benzene rings is 1. The van der Waals surface area contributed by atoms with Gasteiger partial charge in [0.1, 0.15) is 17.6 Å². The van der Waals surface area contributed by atoms with Gasteiger partial charge in [-0.25, -0.2) is 0 Å². The summed E-state index contributed by atoms with van der Waals surface area (Å²) in [5, 5.41) is 10.8. The molecule has 0 aliphatic carbocycles. The van der Waals surface area contributed by atoms with Crippen molar-refractivity contribution >= 4 is 5.91 Å². The summed E-state index contributed by atoms with van der Waals surface area (Å²) in [5.74, 6) is 1.27. The second-order valence-electron chi connectivity index (χ2n) is 5.33. The van der Waals surface area contributed by atoms with Gasteiger partial charge in [0.2, 0.25) is 5.91 Å². The third-order valence-corrected chi connectivity index (χ3v) is 4.07. The Kier molecular flexibility index (Phi) is 5.07. The highest BCUT2D eigenvalue weighted by atomic mass is 16.5. The summed E-state index contributed by atoms with van der Waals surface area (Å²) in [5.41, 5.74) is 0.662. The number of aliphatic hydroxyl groups excluding tert-OH is 1. The lowest BCUT2D eigenvalue weighted by Gasteiger charge is -2.38. The number of carbonyl (C=O) groups excluding carboxylic acids is 1. The molecule has 1 heterocycles. The van der Waals surface area contributed by atoms with Crippen LogP contribution in [0, 0.1) is 0 Å². The second-order valence-corrected chi connectivity index (χ2v) is 5.33. The van der Waals surface area contributed by atoms with Crippen molar-refractivity contribution in [1.29, 1.82) is 0 Å². The molecular formula is C16H23NO4. The van der Waals surface area contributed by atoms with Crippen LogP contribution in [-0.2, 0) is 4.79 Å². The van der Waals surface area contributed by atoms with E-state index in [1.165, 1.54) is 0 Å². The normalized spacial score (nSPS) is 20.0. The van der Waals surface area contributed by atoms with Crippen LogP contribution >= 0.6 is 0 Å². The van der Waals surface area contributed by atoms with Crippen LogP contribution in [0.4, 0.5) is 0 Å². The van der Waals surface area contributed by atoms with E-state index in [2.05, 4.69) is 0 Å². The molecule has 116 valence electrons. The van der Waals surface area contributed by atoms with Crippen LogP contribution in [0.5, 0.6) is 11.5 Å². The number of hydrogen-bond acceptors (Lipinski definition) is 4. The molecule has 2 atom stereocenters. The monoisotopic (exact) mass is 293 g/mol. The smallest absolute Gasteiger partial charge is 0.219 e. The average Bonchev–Trinajstić information content (AvgIpc) is 2.53. The molecule has 0 saturated carbocycles. The molecule has 0 unspecified atom stereocenters. The molecule has 0 bridgehead atoms. The minimum atomic E-state index is -0.778. The highest BCUT2D eigenvalue weighted by molar-refractivity contribution is 5.73. The van der Waals surface area contributed by atoms with Crippen molar-refractivity contribution in [2.45, 2.75) is 38.3 Å². The number of piperidine rings is 1. The molecule has 1 amide bonds. The third kappa shape index (κ3) is 3.29. The van der Waals surface area contributed by atoms with Crippen LogP contribution in [0.1, 0.15) is 37.9 Å². The molecule has 5 heteroatoms. The van der Waals surface area contributed by atoms with E-state index in [0.29, 0.717) is 23.6 Å². The van der Waals surface area contributed by atoms with Crippen LogP contribution < -0.4 is 9.47 Å². The summed E-state index contributed by atoms with van der Waals surface area (Å²) in [4.78, 5) is 13.5. The second kappa shape index (κ2) is 6.80. The fourth-order valence-electron chi connectivity index (χ4n) is 2.95. The number of carbonyl (C=O) groups is 1. The van der Waals surface area contributed by atoms with Crippen LogP contribution in [0.3, 0.4) is 0 Å². The Morgan fingerprint density at radius 3 is 2.71 bits per heavy atom. The Morgan fingerprint density at radius 2 is 2.10 bits per heavy atom. The van der Waals surface area contributed by atoms with E-state index in [-0.39, 0.29) is 11.9 Å². The van der Waals surface area contributed by atoms with E-state index in [0.717, 1.165) is 19.3 Å². The van der Waals surface area contributed by atoms with Crippen LogP contribution in [0.15, 0.2) is 18.2 Å². The minimum Gasteiger partial charge on any atom is -0.497 e. The van der Waals surface area contributed by atoms with Crippen molar-refractivity contribution in [2.24, 2.45) is 0 Å². The predicted molar refractivity (Wildman–Crippen MR) is 79.5 cm³/mol. The van der Waals surface area contributed by atoms with E-state index < -0.39 is 6.10 Å². The topological polar surface area (TPSA) is 59.0 Å². The molecule has 0 spiro atoms. The Morgan fingerprint density at radius 1 is 1.33 bits per heavy atom. The molecule has 1 aromatic rings. The van der Waals surface area contributed by atoms with Gasteiger partial charge in [0.05, 0.1) is 20.3 Å². The maximum Gasteiger partial charge on any atom is 0.219 e. The first kappa shape index (κ1) is 15.6. The maximum absolute atomic E-state index is 11.8. The zero-order chi connectivity index (χ0) is 15.4. The fraction of sp³-hybridized carbons (Fsp3) is 0.562. The van der Waals surface area contributed by atoms with Gasteiger partial charge in [0.15, 0.2) is 0 Å². The van der Waals surface area contributed by atoms with Crippen LogP contribution in [0.2, 0.25) is 0 Å². The number of ether oxygens (including phenoxy) is 2. The molecule has 21 heavy (non-hydrogen) atoms. The molecule has 1 aromatic carbocycles. The van der Waals surface area contributed by atoms with Gasteiger partial charge in [0.25, 0.3) is 0 Å². The maximum atomic E-state index is 11.8. The van der Waals surface area contributed by atoms with E-state index in [9.17, 15) is 9.90 Å². The summed E-state index contributed by atoms with van der Waals surface area (Å²) >= 11 is 0. The van der Waals surface area contributed by atoms with Crippen molar-refractivity contribution in [3.05, 3.63) is 23.8 Å². The Balaban J connectivity index is 2.32. The minimum absolute atomic E-state index is 0.000568. The molecule has 0 aromatic heterocycles. The Labute approximate surface area is 125 Å². The molecule has 1 saturated heterocycles. The largest absolute Gasteiger partial charge is 0.497 e. The molecule has 1 fully saturated rings. The van der Waals surface area contributed by atoms with Gasteiger partial charge in [-0.05, 0) is 37.5 Å². The molecule has 1 N–H and O–H groups in total. The van der Waals surface area contributed by atoms with E-state index in [1.807, 2.05) is 0 Å². The van der Waals surface area contributed by atoms with E-state index >= 15 is 0 Å². The first-order chi connectivity index (χ1) is 10.1. The molecular weight excluding hydrogens is 270 g/mol. The van der Waals surface area contributed by atoms with E-state index in [4.69, 9.17) is 9.47 Å². The third-order valence-electron chi connectivity index (χ3n) is 4.07. The van der Waals surface area contributed by atoms with Crippen molar-refractivity contribution in [3.63, 3.8) is 0 Å². The highest BCUT2D eigenvalue weighted by Crippen LogP contribution is 2.35. The number of methoxy groups -OCH3 is 2. The van der Waals surface area contributed by atoms with Gasteiger partial charge >= 0.3 is 0 Å². The van der Waals surface area contributed by atoms with Gasteiger partial charge in [0, 0.05) is 19.0 Å². The lowest BCUT2D eigenvalue weighted by atomic mass is 9.92. The molecule has 1 aliphatic heterocycles. The number of hydrogen-bond donors (Lipinski definition) is 1. The Bertz CT molecular complexity index is 503.